The Hall–Kier alpha value is -2.55. The Labute approximate surface area is 136 Å². The lowest BCUT2D eigenvalue weighted by Crippen LogP contribution is -2.42. The van der Waals surface area contributed by atoms with Crippen molar-refractivity contribution in [1.82, 2.24) is 5.32 Å². The largest absolute Gasteiger partial charge is 0.465 e. The number of nitrogens with zero attached hydrogens (tertiary/aromatic N) is 2. The molecule has 0 unspecified atom stereocenters. The van der Waals surface area contributed by atoms with Gasteiger partial charge in [0.2, 0.25) is 5.91 Å². The summed E-state index contributed by atoms with van der Waals surface area (Å²) in [7, 11) is 0. The molecule has 0 aromatic heterocycles. The van der Waals surface area contributed by atoms with Crippen LogP contribution in [-0.4, -0.2) is 38.1 Å². The number of anilines is 1. The Kier molecular flexibility index (Phi) is 5.98. The number of esters is 1. The summed E-state index contributed by atoms with van der Waals surface area (Å²) >= 11 is 0. The summed E-state index contributed by atoms with van der Waals surface area (Å²) in [5.74, 6) is -0.563. The summed E-state index contributed by atoms with van der Waals surface area (Å²) in [5, 5.41) is 11.5. The quantitative estimate of drug-likeness (QED) is 0.832. The second-order valence-electron chi connectivity index (χ2n) is 5.44. The van der Waals surface area contributed by atoms with Gasteiger partial charge in [-0.1, -0.05) is 0 Å². The second-order valence-corrected chi connectivity index (χ2v) is 5.44. The van der Waals surface area contributed by atoms with Crippen molar-refractivity contribution in [3.05, 3.63) is 29.8 Å². The number of nitrogens with one attached hydrogen (secondary N) is 1. The van der Waals surface area contributed by atoms with Crippen LogP contribution in [-0.2, 0) is 14.3 Å². The second kappa shape index (κ2) is 8.18. The van der Waals surface area contributed by atoms with Crippen molar-refractivity contribution in [2.75, 3.05) is 31.1 Å². The van der Waals surface area contributed by atoms with E-state index in [1.807, 2.05) is 12.1 Å². The lowest BCUT2D eigenvalue weighted by atomic mass is 9.95. The van der Waals surface area contributed by atoms with Crippen molar-refractivity contribution in [2.45, 2.75) is 19.8 Å². The van der Waals surface area contributed by atoms with E-state index in [0.29, 0.717) is 12.2 Å². The number of benzene rings is 1. The fourth-order valence-corrected chi connectivity index (χ4v) is 2.66. The zero-order chi connectivity index (χ0) is 16.7. The molecule has 1 amide bonds. The van der Waals surface area contributed by atoms with Crippen LogP contribution in [0, 0.1) is 17.2 Å². The minimum Gasteiger partial charge on any atom is -0.465 e. The Bertz CT molecular complexity index is 584. The van der Waals surface area contributed by atoms with Gasteiger partial charge in [0.15, 0.2) is 0 Å². The summed E-state index contributed by atoms with van der Waals surface area (Å²) in [6.45, 7) is 3.55. The first-order valence-electron chi connectivity index (χ1n) is 7.82. The van der Waals surface area contributed by atoms with Crippen molar-refractivity contribution in [3.8, 4) is 6.07 Å². The van der Waals surface area contributed by atoms with Crippen LogP contribution >= 0.6 is 0 Å². The number of piperidine rings is 1. The maximum atomic E-state index is 12.1. The molecule has 6 nitrogen and oxygen atoms in total. The van der Waals surface area contributed by atoms with Crippen LogP contribution in [0.25, 0.3) is 0 Å². The molecule has 122 valence electrons. The molecule has 1 N–H and O–H groups in total. The predicted octanol–water partition coefficient (Wildman–Crippen LogP) is 1.45. The Morgan fingerprint density at radius 3 is 2.52 bits per heavy atom. The van der Waals surface area contributed by atoms with Gasteiger partial charge in [0, 0.05) is 24.7 Å². The highest BCUT2D eigenvalue weighted by Crippen LogP contribution is 2.23. The predicted molar refractivity (Wildman–Crippen MR) is 85.7 cm³/mol. The van der Waals surface area contributed by atoms with E-state index in [-0.39, 0.29) is 18.4 Å². The molecule has 0 saturated carbocycles. The monoisotopic (exact) mass is 315 g/mol. The van der Waals surface area contributed by atoms with E-state index in [1.54, 1.807) is 19.1 Å². The standard InChI is InChI=1S/C17H21N3O3/c1-2-23-16(21)12-19-17(22)14-7-9-20(10-8-14)15-5-3-13(11-18)4-6-15/h3-6,14H,2,7-10,12H2,1H3,(H,19,22). The molecule has 0 bridgehead atoms. The van der Waals surface area contributed by atoms with E-state index >= 15 is 0 Å². The van der Waals surface area contributed by atoms with Gasteiger partial charge in [-0.05, 0) is 44.0 Å². The van der Waals surface area contributed by atoms with Gasteiger partial charge < -0.3 is 15.0 Å². The lowest BCUT2D eigenvalue weighted by molar-refractivity contribution is -0.143. The first-order chi connectivity index (χ1) is 11.1. The normalized spacial score (nSPS) is 14.9. The summed E-state index contributed by atoms with van der Waals surface area (Å²) < 4.78 is 4.79. The van der Waals surface area contributed by atoms with Gasteiger partial charge in [-0.15, -0.1) is 0 Å². The molecule has 6 heteroatoms. The van der Waals surface area contributed by atoms with Crippen LogP contribution in [0.5, 0.6) is 0 Å². The number of ether oxygens (including phenoxy) is 1. The molecule has 1 fully saturated rings. The molecule has 1 aliphatic heterocycles. The molecule has 23 heavy (non-hydrogen) atoms. The fourth-order valence-electron chi connectivity index (χ4n) is 2.66. The molecule has 0 atom stereocenters. The minimum absolute atomic E-state index is 0.0670. The zero-order valence-corrected chi connectivity index (χ0v) is 13.2. The average molecular weight is 315 g/mol. The molecule has 0 spiro atoms. The Morgan fingerprint density at radius 2 is 1.96 bits per heavy atom. The number of nitriles is 1. The van der Waals surface area contributed by atoms with Gasteiger partial charge in [-0.2, -0.15) is 5.26 Å². The third kappa shape index (κ3) is 4.71. The van der Waals surface area contributed by atoms with Crippen LogP contribution in [0.4, 0.5) is 5.69 Å². The molecule has 0 aliphatic carbocycles. The van der Waals surface area contributed by atoms with Crippen LogP contribution in [0.1, 0.15) is 25.3 Å². The Balaban J connectivity index is 1.80. The van der Waals surface area contributed by atoms with Gasteiger partial charge in [-0.25, -0.2) is 0 Å². The van der Waals surface area contributed by atoms with Gasteiger partial charge in [0.1, 0.15) is 6.54 Å². The maximum absolute atomic E-state index is 12.1. The number of hydrogen-bond donors (Lipinski definition) is 1. The molecule has 2 rings (SSSR count). The molecular formula is C17H21N3O3. The van der Waals surface area contributed by atoms with E-state index in [4.69, 9.17) is 10.00 Å². The smallest absolute Gasteiger partial charge is 0.325 e. The average Bonchev–Trinajstić information content (AvgIpc) is 2.60. The highest BCUT2D eigenvalue weighted by molar-refractivity contribution is 5.83. The van der Waals surface area contributed by atoms with E-state index in [9.17, 15) is 9.59 Å². The van der Waals surface area contributed by atoms with Crippen LogP contribution in [0.15, 0.2) is 24.3 Å². The number of amides is 1. The Morgan fingerprint density at radius 1 is 1.30 bits per heavy atom. The molecule has 1 aromatic carbocycles. The van der Waals surface area contributed by atoms with Gasteiger partial charge in [-0.3, -0.25) is 9.59 Å². The highest BCUT2D eigenvalue weighted by Gasteiger charge is 2.25. The van der Waals surface area contributed by atoms with Crippen molar-refractivity contribution in [2.24, 2.45) is 5.92 Å². The van der Waals surface area contributed by atoms with Gasteiger partial charge >= 0.3 is 5.97 Å². The van der Waals surface area contributed by atoms with Gasteiger partial charge in [0.25, 0.3) is 0 Å². The summed E-state index contributed by atoms with van der Waals surface area (Å²) in [6.07, 6.45) is 1.49. The number of carbonyl (C=O) groups is 2. The minimum atomic E-state index is -0.407. The van der Waals surface area contributed by atoms with E-state index in [0.717, 1.165) is 31.6 Å². The lowest BCUT2D eigenvalue weighted by Gasteiger charge is -2.33. The van der Waals surface area contributed by atoms with E-state index in [1.165, 1.54) is 0 Å². The molecule has 1 aliphatic rings. The van der Waals surface area contributed by atoms with E-state index in [2.05, 4.69) is 16.3 Å². The number of hydrogen-bond acceptors (Lipinski definition) is 5. The van der Waals surface area contributed by atoms with Crippen LogP contribution < -0.4 is 10.2 Å². The molecule has 0 radical (unpaired) electrons. The zero-order valence-electron chi connectivity index (χ0n) is 13.2. The highest BCUT2D eigenvalue weighted by atomic mass is 16.5. The first-order valence-corrected chi connectivity index (χ1v) is 7.82. The molecule has 1 aromatic rings. The third-order valence-corrected chi connectivity index (χ3v) is 3.94. The van der Waals surface area contributed by atoms with Crippen molar-refractivity contribution < 1.29 is 14.3 Å². The van der Waals surface area contributed by atoms with E-state index < -0.39 is 5.97 Å². The molecule has 1 heterocycles. The first kappa shape index (κ1) is 16.8. The van der Waals surface area contributed by atoms with Crippen LogP contribution in [0.3, 0.4) is 0 Å². The molecule has 1 saturated heterocycles. The van der Waals surface area contributed by atoms with Gasteiger partial charge in [0.05, 0.1) is 18.2 Å². The number of carbonyl (C=O) groups excluding carboxylic acids is 2. The molecular weight excluding hydrogens is 294 g/mol. The topological polar surface area (TPSA) is 82.4 Å². The number of rotatable bonds is 5. The third-order valence-electron chi connectivity index (χ3n) is 3.94. The summed E-state index contributed by atoms with van der Waals surface area (Å²) in [4.78, 5) is 25.5. The summed E-state index contributed by atoms with van der Waals surface area (Å²) in [5.41, 5.74) is 1.70. The van der Waals surface area contributed by atoms with Crippen molar-refractivity contribution in [1.29, 1.82) is 5.26 Å². The summed E-state index contributed by atoms with van der Waals surface area (Å²) in [6, 6.07) is 9.56. The van der Waals surface area contributed by atoms with Crippen LogP contribution in [0.2, 0.25) is 0 Å². The SMILES string of the molecule is CCOC(=O)CNC(=O)C1CCN(c2ccc(C#N)cc2)CC1. The fraction of sp³-hybridized carbons (Fsp3) is 0.471. The van der Waals surface area contributed by atoms with Crippen molar-refractivity contribution >= 4 is 17.6 Å². The van der Waals surface area contributed by atoms with Crippen molar-refractivity contribution in [3.63, 3.8) is 0 Å². The maximum Gasteiger partial charge on any atom is 0.325 e.